The van der Waals surface area contributed by atoms with Gasteiger partial charge in [-0.2, -0.15) is 11.8 Å². The lowest BCUT2D eigenvalue weighted by Gasteiger charge is -2.12. The minimum absolute atomic E-state index is 0.0845. The third-order valence-electron chi connectivity index (χ3n) is 2.05. The van der Waals surface area contributed by atoms with E-state index in [4.69, 9.17) is 5.11 Å². The molecule has 1 rings (SSSR count). The van der Waals surface area contributed by atoms with Gasteiger partial charge in [-0.1, -0.05) is 0 Å². The van der Waals surface area contributed by atoms with E-state index in [0.29, 0.717) is 5.25 Å². The molecule has 2 N–H and O–H groups in total. The van der Waals surface area contributed by atoms with E-state index >= 15 is 0 Å². The number of rotatable bonds is 4. The number of thioether (sulfide) groups is 1. The van der Waals surface area contributed by atoms with Gasteiger partial charge >= 0.3 is 0 Å². The van der Waals surface area contributed by atoms with E-state index in [2.05, 4.69) is 0 Å². The standard InChI is InChI=1S/C8H16O2S/c9-5-2-6-11-8-4-1-3-7(8)10/h7-10H,1-6H2. The normalized spacial score (nSPS) is 31.1. The SMILES string of the molecule is OCCCSC1CCCC1O. The van der Waals surface area contributed by atoms with Crippen molar-refractivity contribution < 1.29 is 10.2 Å². The maximum atomic E-state index is 9.40. The summed E-state index contributed by atoms with van der Waals surface area (Å²) < 4.78 is 0. The summed E-state index contributed by atoms with van der Waals surface area (Å²) in [7, 11) is 0. The van der Waals surface area contributed by atoms with Crippen molar-refractivity contribution in [2.24, 2.45) is 0 Å². The summed E-state index contributed by atoms with van der Waals surface area (Å²) >= 11 is 1.81. The first-order chi connectivity index (χ1) is 5.34. The Morgan fingerprint density at radius 3 is 2.73 bits per heavy atom. The fourth-order valence-electron chi connectivity index (χ4n) is 1.40. The van der Waals surface area contributed by atoms with E-state index in [0.717, 1.165) is 31.4 Å². The Morgan fingerprint density at radius 2 is 2.18 bits per heavy atom. The lowest BCUT2D eigenvalue weighted by atomic mass is 10.3. The fraction of sp³-hybridized carbons (Fsp3) is 1.00. The number of hydrogen-bond acceptors (Lipinski definition) is 3. The largest absolute Gasteiger partial charge is 0.396 e. The van der Waals surface area contributed by atoms with Gasteiger partial charge in [-0.25, -0.2) is 0 Å². The topological polar surface area (TPSA) is 40.5 Å². The Hall–Kier alpha value is 0.270. The van der Waals surface area contributed by atoms with Gasteiger partial charge in [0.1, 0.15) is 0 Å². The van der Waals surface area contributed by atoms with Crippen LogP contribution in [0.25, 0.3) is 0 Å². The minimum atomic E-state index is -0.0845. The summed E-state index contributed by atoms with van der Waals surface area (Å²) in [5, 5.41) is 18.4. The first-order valence-corrected chi connectivity index (χ1v) is 5.30. The van der Waals surface area contributed by atoms with Crippen LogP contribution in [0.3, 0.4) is 0 Å². The molecule has 2 atom stereocenters. The van der Waals surface area contributed by atoms with Crippen molar-refractivity contribution in [3.63, 3.8) is 0 Å². The van der Waals surface area contributed by atoms with Crippen LogP contribution in [0.2, 0.25) is 0 Å². The highest BCUT2D eigenvalue weighted by Gasteiger charge is 2.24. The highest BCUT2D eigenvalue weighted by molar-refractivity contribution is 7.99. The molecule has 1 fully saturated rings. The van der Waals surface area contributed by atoms with Gasteiger partial charge in [0.25, 0.3) is 0 Å². The van der Waals surface area contributed by atoms with Gasteiger partial charge in [0, 0.05) is 11.9 Å². The maximum Gasteiger partial charge on any atom is 0.0658 e. The molecule has 0 amide bonds. The number of aliphatic hydroxyl groups excluding tert-OH is 2. The third-order valence-corrected chi connectivity index (χ3v) is 3.55. The molecule has 0 aromatic carbocycles. The van der Waals surface area contributed by atoms with E-state index < -0.39 is 0 Å². The van der Waals surface area contributed by atoms with Crippen molar-refractivity contribution >= 4 is 11.8 Å². The van der Waals surface area contributed by atoms with Crippen LogP contribution in [-0.2, 0) is 0 Å². The molecule has 2 nitrogen and oxygen atoms in total. The molecule has 11 heavy (non-hydrogen) atoms. The molecule has 0 aromatic heterocycles. The Morgan fingerprint density at radius 1 is 1.36 bits per heavy atom. The molecule has 1 aliphatic carbocycles. The van der Waals surface area contributed by atoms with Gasteiger partial charge < -0.3 is 10.2 Å². The van der Waals surface area contributed by atoms with Gasteiger partial charge in [0.05, 0.1) is 6.10 Å². The van der Waals surface area contributed by atoms with Crippen LogP contribution in [0, 0.1) is 0 Å². The Bertz CT molecular complexity index is 108. The van der Waals surface area contributed by atoms with E-state index in [1.807, 2.05) is 0 Å². The van der Waals surface area contributed by atoms with Crippen molar-refractivity contribution in [1.82, 2.24) is 0 Å². The predicted octanol–water partition coefficient (Wildman–Crippen LogP) is 1.02. The van der Waals surface area contributed by atoms with E-state index in [9.17, 15) is 5.11 Å². The second kappa shape index (κ2) is 5.01. The van der Waals surface area contributed by atoms with Gasteiger partial charge in [0.2, 0.25) is 0 Å². The van der Waals surface area contributed by atoms with Crippen molar-refractivity contribution in [3.8, 4) is 0 Å². The Kier molecular flexibility index (Phi) is 4.26. The summed E-state index contributed by atoms with van der Waals surface area (Å²) in [5.41, 5.74) is 0. The van der Waals surface area contributed by atoms with Crippen molar-refractivity contribution in [2.75, 3.05) is 12.4 Å². The molecule has 66 valence electrons. The zero-order valence-corrected chi connectivity index (χ0v) is 7.52. The van der Waals surface area contributed by atoms with Gasteiger partial charge in [-0.15, -0.1) is 0 Å². The van der Waals surface area contributed by atoms with E-state index in [1.165, 1.54) is 0 Å². The molecule has 0 saturated heterocycles. The molecule has 0 aliphatic heterocycles. The summed E-state index contributed by atoms with van der Waals surface area (Å²) in [6, 6.07) is 0. The van der Waals surface area contributed by atoms with Crippen LogP contribution in [-0.4, -0.2) is 33.9 Å². The average molecular weight is 176 g/mol. The van der Waals surface area contributed by atoms with E-state index in [-0.39, 0.29) is 12.7 Å². The molecule has 1 aliphatic rings. The summed E-state index contributed by atoms with van der Waals surface area (Å²) in [6.07, 6.45) is 4.05. The zero-order chi connectivity index (χ0) is 8.10. The fourth-order valence-corrected chi connectivity index (χ4v) is 2.69. The van der Waals surface area contributed by atoms with Crippen LogP contribution in [0.15, 0.2) is 0 Å². The number of aliphatic hydroxyl groups is 2. The van der Waals surface area contributed by atoms with Crippen LogP contribution >= 0.6 is 11.8 Å². The number of hydrogen-bond donors (Lipinski definition) is 2. The smallest absolute Gasteiger partial charge is 0.0658 e. The molecule has 0 heterocycles. The zero-order valence-electron chi connectivity index (χ0n) is 6.70. The molecular weight excluding hydrogens is 160 g/mol. The molecule has 0 spiro atoms. The maximum absolute atomic E-state index is 9.40. The summed E-state index contributed by atoms with van der Waals surface area (Å²) in [5.74, 6) is 0.984. The van der Waals surface area contributed by atoms with Crippen LogP contribution in [0.4, 0.5) is 0 Å². The summed E-state index contributed by atoms with van der Waals surface area (Å²) in [6.45, 7) is 0.274. The summed E-state index contributed by atoms with van der Waals surface area (Å²) in [4.78, 5) is 0. The molecule has 0 radical (unpaired) electrons. The average Bonchev–Trinajstić information content (AvgIpc) is 2.37. The quantitative estimate of drug-likeness (QED) is 0.628. The molecule has 3 heteroatoms. The van der Waals surface area contributed by atoms with Crippen molar-refractivity contribution in [2.45, 2.75) is 37.0 Å². The van der Waals surface area contributed by atoms with Crippen LogP contribution in [0.5, 0.6) is 0 Å². The molecule has 0 aromatic rings. The lowest BCUT2D eigenvalue weighted by Crippen LogP contribution is -2.15. The highest BCUT2D eigenvalue weighted by atomic mass is 32.2. The lowest BCUT2D eigenvalue weighted by molar-refractivity contribution is 0.188. The molecule has 2 unspecified atom stereocenters. The second-order valence-electron chi connectivity index (χ2n) is 2.98. The minimum Gasteiger partial charge on any atom is -0.396 e. The molecule has 1 saturated carbocycles. The monoisotopic (exact) mass is 176 g/mol. The van der Waals surface area contributed by atoms with Crippen LogP contribution in [0.1, 0.15) is 25.7 Å². The third kappa shape index (κ3) is 3.01. The Labute approximate surface area is 72.0 Å². The Balaban J connectivity index is 2.05. The van der Waals surface area contributed by atoms with Crippen molar-refractivity contribution in [3.05, 3.63) is 0 Å². The van der Waals surface area contributed by atoms with Crippen molar-refractivity contribution in [1.29, 1.82) is 0 Å². The highest BCUT2D eigenvalue weighted by Crippen LogP contribution is 2.29. The van der Waals surface area contributed by atoms with Crippen LogP contribution < -0.4 is 0 Å². The second-order valence-corrected chi connectivity index (χ2v) is 4.33. The first kappa shape index (κ1) is 9.36. The van der Waals surface area contributed by atoms with Gasteiger partial charge in [-0.3, -0.25) is 0 Å². The van der Waals surface area contributed by atoms with E-state index in [1.54, 1.807) is 11.8 Å². The predicted molar refractivity (Wildman–Crippen MR) is 47.8 cm³/mol. The van der Waals surface area contributed by atoms with Gasteiger partial charge in [-0.05, 0) is 31.4 Å². The molecule has 0 bridgehead atoms. The van der Waals surface area contributed by atoms with Gasteiger partial charge in [0.15, 0.2) is 0 Å². The molecular formula is C8H16O2S. The first-order valence-electron chi connectivity index (χ1n) is 4.25.